The highest BCUT2D eigenvalue weighted by atomic mass is 16.1. The molecule has 0 aliphatic heterocycles. The maximum Gasteiger partial charge on any atom is 0.185 e. The number of rotatable bonds is 7. The van der Waals surface area contributed by atoms with Crippen LogP contribution in [0.3, 0.4) is 0 Å². The van der Waals surface area contributed by atoms with Crippen molar-refractivity contribution in [1.82, 2.24) is 0 Å². The summed E-state index contributed by atoms with van der Waals surface area (Å²) >= 11 is 0. The van der Waals surface area contributed by atoms with E-state index in [9.17, 15) is 9.59 Å². The topological polar surface area (TPSA) is 34.1 Å². The number of hydrogen-bond donors (Lipinski definition) is 0. The second-order valence-electron chi connectivity index (χ2n) is 4.08. The summed E-state index contributed by atoms with van der Waals surface area (Å²) in [6.07, 6.45) is 6.85. The molecule has 0 fully saturated rings. The fraction of sp³-hybridized carbons (Fsp3) is 0.333. The average molecular weight is 230 g/mol. The zero-order valence-corrected chi connectivity index (χ0v) is 10.2. The molecule has 0 heterocycles. The van der Waals surface area contributed by atoms with Gasteiger partial charge in [-0.3, -0.25) is 4.79 Å². The van der Waals surface area contributed by atoms with Crippen LogP contribution in [0.5, 0.6) is 0 Å². The van der Waals surface area contributed by atoms with Gasteiger partial charge in [0.2, 0.25) is 0 Å². The van der Waals surface area contributed by atoms with Crippen molar-refractivity contribution in [2.75, 3.05) is 0 Å². The molecule has 0 amide bonds. The summed E-state index contributed by atoms with van der Waals surface area (Å²) in [5.74, 6) is 0.270. The van der Waals surface area contributed by atoms with E-state index in [2.05, 4.69) is 0 Å². The molecular weight excluding hydrogens is 212 g/mol. The number of carbonyl (C=O) groups is 2. The molecule has 2 heteroatoms. The molecular formula is C15H18O2. The van der Waals surface area contributed by atoms with Gasteiger partial charge in [-0.2, -0.15) is 0 Å². The van der Waals surface area contributed by atoms with Crippen LogP contribution in [-0.2, 0) is 4.79 Å². The Morgan fingerprint density at radius 2 is 1.82 bits per heavy atom. The van der Waals surface area contributed by atoms with E-state index in [-0.39, 0.29) is 11.6 Å². The largest absolute Gasteiger partial charge is 0.300 e. The molecule has 0 unspecified atom stereocenters. The second-order valence-corrected chi connectivity index (χ2v) is 4.08. The first kappa shape index (κ1) is 13.4. The van der Waals surface area contributed by atoms with E-state index in [0.717, 1.165) is 19.3 Å². The molecule has 0 aromatic heterocycles. The Balaban J connectivity index is 2.25. The first-order valence-electron chi connectivity index (χ1n) is 5.95. The zero-order chi connectivity index (χ0) is 12.5. The molecule has 2 nitrogen and oxygen atoms in total. The summed E-state index contributed by atoms with van der Waals surface area (Å²) in [4.78, 5) is 22.3. The first-order chi connectivity index (χ1) is 8.20. The third-order valence-corrected chi connectivity index (χ3v) is 2.48. The number of allylic oxidation sites excluding steroid dienone is 2. The molecule has 0 bridgehead atoms. The summed E-state index contributed by atoms with van der Waals surface area (Å²) < 4.78 is 0. The molecule has 0 aliphatic carbocycles. The lowest BCUT2D eigenvalue weighted by Gasteiger charge is -1.95. The van der Waals surface area contributed by atoms with Gasteiger partial charge in [-0.1, -0.05) is 36.4 Å². The van der Waals surface area contributed by atoms with Crippen molar-refractivity contribution in [3.8, 4) is 0 Å². The fourth-order valence-corrected chi connectivity index (χ4v) is 1.53. The van der Waals surface area contributed by atoms with Crippen LogP contribution >= 0.6 is 0 Å². The number of Topliss-reactive ketones (excluding diaryl/α,β-unsaturated/α-hetero) is 1. The molecule has 1 aromatic carbocycles. The smallest absolute Gasteiger partial charge is 0.185 e. The minimum Gasteiger partial charge on any atom is -0.300 e. The molecule has 0 N–H and O–H groups in total. The quantitative estimate of drug-likeness (QED) is 0.407. The lowest BCUT2D eigenvalue weighted by atomic mass is 10.1. The molecule has 0 saturated heterocycles. The zero-order valence-electron chi connectivity index (χ0n) is 10.2. The van der Waals surface area contributed by atoms with Crippen LogP contribution in [0.15, 0.2) is 42.5 Å². The van der Waals surface area contributed by atoms with Crippen LogP contribution in [0.25, 0.3) is 0 Å². The number of hydrogen-bond acceptors (Lipinski definition) is 2. The van der Waals surface area contributed by atoms with Gasteiger partial charge in [0, 0.05) is 12.0 Å². The van der Waals surface area contributed by atoms with Crippen LogP contribution in [-0.4, -0.2) is 11.6 Å². The standard InChI is InChI=1S/C15H18O2/c1-13(16)9-5-2-3-8-12-15(17)14-10-6-4-7-11-14/h4,6-8,10-12H,2-3,5,9H2,1H3/b12-8+. The highest BCUT2D eigenvalue weighted by molar-refractivity contribution is 6.04. The highest BCUT2D eigenvalue weighted by Crippen LogP contribution is 2.04. The Kier molecular flexibility index (Phi) is 5.94. The minimum absolute atomic E-state index is 0.0390. The summed E-state index contributed by atoms with van der Waals surface area (Å²) in [5.41, 5.74) is 0.715. The molecule has 1 aromatic rings. The van der Waals surface area contributed by atoms with Crippen molar-refractivity contribution >= 4 is 11.6 Å². The van der Waals surface area contributed by atoms with Gasteiger partial charge in [0.05, 0.1) is 0 Å². The fourth-order valence-electron chi connectivity index (χ4n) is 1.53. The Morgan fingerprint density at radius 1 is 1.12 bits per heavy atom. The molecule has 0 atom stereocenters. The van der Waals surface area contributed by atoms with E-state index in [0.29, 0.717) is 12.0 Å². The van der Waals surface area contributed by atoms with E-state index >= 15 is 0 Å². The van der Waals surface area contributed by atoms with E-state index in [1.165, 1.54) is 0 Å². The first-order valence-corrected chi connectivity index (χ1v) is 5.95. The van der Waals surface area contributed by atoms with Crippen molar-refractivity contribution in [2.45, 2.75) is 32.6 Å². The van der Waals surface area contributed by atoms with E-state index < -0.39 is 0 Å². The third-order valence-electron chi connectivity index (χ3n) is 2.48. The second kappa shape index (κ2) is 7.55. The lowest BCUT2D eigenvalue weighted by Crippen LogP contribution is -1.93. The molecule has 0 spiro atoms. The molecule has 0 saturated carbocycles. The van der Waals surface area contributed by atoms with E-state index in [1.807, 2.05) is 36.4 Å². The van der Waals surface area contributed by atoms with Gasteiger partial charge in [0.25, 0.3) is 0 Å². The van der Waals surface area contributed by atoms with Crippen LogP contribution in [0, 0.1) is 0 Å². The van der Waals surface area contributed by atoms with Crippen molar-refractivity contribution < 1.29 is 9.59 Å². The predicted molar refractivity (Wildman–Crippen MR) is 69.1 cm³/mol. The van der Waals surface area contributed by atoms with Crippen molar-refractivity contribution in [1.29, 1.82) is 0 Å². The highest BCUT2D eigenvalue weighted by Gasteiger charge is 1.98. The summed E-state index contributed by atoms with van der Waals surface area (Å²) in [7, 11) is 0. The Hall–Kier alpha value is -1.70. The van der Waals surface area contributed by atoms with Crippen molar-refractivity contribution in [3.05, 3.63) is 48.0 Å². The van der Waals surface area contributed by atoms with Crippen LogP contribution < -0.4 is 0 Å². The molecule has 0 aliphatic rings. The number of ketones is 2. The molecule has 90 valence electrons. The van der Waals surface area contributed by atoms with Crippen molar-refractivity contribution in [2.24, 2.45) is 0 Å². The van der Waals surface area contributed by atoms with Gasteiger partial charge in [0.1, 0.15) is 5.78 Å². The maximum atomic E-state index is 11.6. The monoisotopic (exact) mass is 230 g/mol. The number of carbonyl (C=O) groups excluding carboxylic acids is 2. The Labute approximate surface area is 102 Å². The molecule has 1 rings (SSSR count). The molecule has 17 heavy (non-hydrogen) atoms. The number of benzene rings is 1. The van der Waals surface area contributed by atoms with Crippen LogP contribution in [0.2, 0.25) is 0 Å². The van der Waals surface area contributed by atoms with Crippen LogP contribution in [0.4, 0.5) is 0 Å². The van der Waals surface area contributed by atoms with Crippen molar-refractivity contribution in [3.63, 3.8) is 0 Å². The predicted octanol–water partition coefficient (Wildman–Crippen LogP) is 3.57. The van der Waals surface area contributed by atoms with Gasteiger partial charge >= 0.3 is 0 Å². The van der Waals surface area contributed by atoms with Gasteiger partial charge in [-0.25, -0.2) is 0 Å². The summed E-state index contributed by atoms with van der Waals surface area (Å²) in [6, 6.07) is 9.22. The Bertz CT molecular complexity index is 391. The van der Waals surface area contributed by atoms with Gasteiger partial charge in [-0.05, 0) is 32.3 Å². The summed E-state index contributed by atoms with van der Waals surface area (Å²) in [5, 5.41) is 0. The van der Waals surface area contributed by atoms with Crippen LogP contribution in [0.1, 0.15) is 43.0 Å². The minimum atomic E-state index is 0.0390. The van der Waals surface area contributed by atoms with Gasteiger partial charge in [0.15, 0.2) is 5.78 Å². The summed E-state index contributed by atoms with van der Waals surface area (Å²) in [6.45, 7) is 1.61. The lowest BCUT2D eigenvalue weighted by molar-refractivity contribution is -0.117. The maximum absolute atomic E-state index is 11.6. The normalized spacial score (nSPS) is 10.6. The Morgan fingerprint density at radius 3 is 2.47 bits per heavy atom. The molecule has 0 radical (unpaired) electrons. The van der Waals surface area contributed by atoms with E-state index in [4.69, 9.17) is 0 Å². The van der Waals surface area contributed by atoms with Gasteiger partial charge < -0.3 is 4.79 Å². The SMILES string of the molecule is CC(=O)CCCC/C=C/C(=O)c1ccccc1. The average Bonchev–Trinajstić information content (AvgIpc) is 2.34. The third kappa shape index (κ3) is 5.81. The van der Waals surface area contributed by atoms with Gasteiger partial charge in [-0.15, -0.1) is 0 Å². The van der Waals surface area contributed by atoms with E-state index in [1.54, 1.807) is 13.0 Å². The number of unbranched alkanes of at least 4 members (excludes halogenated alkanes) is 2.